The van der Waals surface area contributed by atoms with E-state index >= 15 is 0 Å². The molecule has 0 atom stereocenters. The quantitative estimate of drug-likeness (QED) is 0.736. The number of hydrogen-bond donors (Lipinski definition) is 1. The van der Waals surface area contributed by atoms with E-state index in [1.165, 1.54) is 6.07 Å². The van der Waals surface area contributed by atoms with Crippen molar-refractivity contribution < 1.29 is 4.39 Å². The van der Waals surface area contributed by atoms with Gasteiger partial charge in [-0.1, -0.05) is 12.1 Å². The number of aromatic nitrogens is 2. The Balaban J connectivity index is 2.47. The van der Waals surface area contributed by atoms with Crippen LogP contribution in [0.1, 0.15) is 11.3 Å². The summed E-state index contributed by atoms with van der Waals surface area (Å²) in [6, 6.07) is 5.10. The Bertz CT molecular complexity index is 460. The lowest BCUT2D eigenvalue weighted by molar-refractivity contribution is 0.619. The zero-order chi connectivity index (χ0) is 10.1. The smallest absolute Gasteiger partial charge is 0.137 e. The van der Waals surface area contributed by atoms with Gasteiger partial charge in [0.05, 0.1) is 0 Å². The zero-order valence-corrected chi connectivity index (χ0v) is 8.13. The van der Waals surface area contributed by atoms with Crippen LogP contribution in [0.25, 0.3) is 11.4 Å². The lowest BCUT2D eigenvalue weighted by Gasteiger charge is -1.99. The van der Waals surface area contributed by atoms with Crippen molar-refractivity contribution >= 4 is 0 Å². The average Bonchev–Trinajstić information content (AvgIpc) is 2.57. The van der Waals surface area contributed by atoms with Crippen LogP contribution in [-0.4, -0.2) is 9.97 Å². The number of imidazole rings is 1. The van der Waals surface area contributed by atoms with Crippen LogP contribution in [0.4, 0.5) is 4.39 Å². The van der Waals surface area contributed by atoms with Crippen LogP contribution in [0, 0.1) is 19.7 Å². The van der Waals surface area contributed by atoms with E-state index in [-0.39, 0.29) is 5.82 Å². The van der Waals surface area contributed by atoms with Gasteiger partial charge in [-0.15, -0.1) is 0 Å². The number of rotatable bonds is 1. The molecule has 0 aliphatic carbocycles. The Labute approximate surface area is 81.8 Å². The largest absolute Gasteiger partial charge is 0.342 e. The molecule has 0 bridgehead atoms. The third-order valence-corrected chi connectivity index (χ3v) is 2.15. The molecule has 72 valence electrons. The zero-order valence-electron chi connectivity index (χ0n) is 8.13. The predicted molar refractivity (Wildman–Crippen MR) is 53.5 cm³/mol. The van der Waals surface area contributed by atoms with Crippen molar-refractivity contribution in [3.8, 4) is 11.4 Å². The van der Waals surface area contributed by atoms with E-state index in [0.717, 1.165) is 11.3 Å². The molecule has 0 fully saturated rings. The normalized spacial score (nSPS) is 10.5. The number of hydrogen-bond acceptors (Lipinski definition) is 1. The monoisotopic (exact) mass is 190 g/mol. The number of aromatic amines is 1. The van der Waals surface area contributed by atoms with Crippen molar-refractivity contribution in [3.63, 3.8) is 0 Å². The minimum atomic E-state index is -0.198. The fourth-order valence-electron chi connectivity index (χ4n) is 1.30. The van der Waals surface area contributed by atoms with Gasteiger partial charge in [0, 0.05) is 17.5 Å². The van der Waals surface area contributed by atoms with Crippen LogP contribution < -0.4 is 0 Å². The second kappa shape index (κ2) is 3.25. The minimum absolute atomic E-state index is 0.198. The molecule has 0 radical (unpaired) electrons. The molecule has 0 spiro atoms. The molecular formula is C11H11FN2. The van der Waals surface area contributed by atoms with E-state index in [4.69, 9.17) is 0 Å². The SMILES string of the molecule is Cc1cnc(-c2ccc(C)c(F)c2)[nH]1. The van der Waals surface area contributed by atoms with E-state index in [0.29, 0.717) is 11.4 Å². The molecule has 2 nitrogen and oxygen atoms in total. The number of halogens is 1. The van der Waals surface area contributed by atoms with Crippen LogP contribution in [0.15, 0.2) is 24.4 Å². The Morgan fingerprint density at radius 2 is 2.07 bits per heavy atom. The summed E-state index contributed by atoms with van der Waals surface area (Å²) in [7, 11) is 0. The van der Waals surface area contributed by atoms with Gasteiger partial charge in [0.25, 0.3) is 0 Å². The summed E-state index contributed by atoms with van der Waals surface area (Å²) in [5.41, 5.74) is 2.40. The topological polar surface area (TPSA) is 28.7 Å². The van der Waals surface area contributed by atoms with E-state index in [1.807, 2.05) is 13.0 Å². The molecule has 1 aromatic heterocycles. The highest BCUT2D eigenvalue weighted by Gasteiger charge is 2.04. The maximum atomic E-state index is 13.2. The number of H-pyrrole nitrogens is 1. The van der Waals surface area contributed by atoms with Gasteiger partial charge in [0.2, 0.25) is 0 Å². The summed E-state index contributed by atoms with van der Waals surface area (Å²) >= 11 is 0. The van der Waals surface area contributed by atoms with Gasteiger partial charge >= 0.3 is 0 Å². The first-order chi connectivity index (χ1) is 6.66. The number of nitrogens with one attached hydrogen (secondary N) is 1. The van der Waals surface area contributed by atoms with Crippen molar-refractivity contribution in [2.45, 2.75) is 13.8 Å². The van der Waals surface area contributed by atoms with Crippen molar-refractivity contribution in [1.29, 1.82) is 0 Å². The summed E-state index contributed by atoms with van der Waals surface area (Å²) in [4.78, 5) is 7.20. The van der Waals surface area contributed by atoms with E-state index in [9.17, 15) is 4.39 Å². The molecule has 1 aromatic carbocycles. The van der Waals surface area contributed by atoms with Crippen molar-refractivity contribution in [1.82, 2.24) is 9.97 Å². The summed E-state index contributed by atoms with van der Waals surface area (Å²) in [6.07, 6.45) is 1.73. The molecule has 0 amide bonds. The first kappa shape index (κ1) is 8.94. The Hall–Kier alpha value is -1.64. The number of nitrogens with zero attached hydrogens (tertiary/aromatic N) is 1. The third kappa shape index (κ3) is 1.53. The Kier molecular flexibility index (Phi) is 2.08. The fraction of sp³-hybridized carbons (Fsp3) is 0.182. The van der Waals surface area contributed by atoms with Crippen LogP contribution >= 0.6 is 0 Å². The molecule has 0 saturated heterocycles. The van der Waals surface area contributed by atoms with Gasteiger partial charge < -0.3 is 4.98 Å². The predicted octanol–water partition coefficient (Wildman–Crippen LogP) is 2.83. The maximum absolute atomic E-state index is 13.2. The highest BCUT2D eigenvalue weighted by Crippen LogP contribution is 2.18. The molecule has 2 rings (SSSR count). The molecular weight excluding hydrogens is 179 g/mol. The number of benzene rings is 1. The molecule has 3 heteroatoms. The molecule has 1 heterocycles. The first-order valence-corrected chi connectivity index (χ1v) is 4.45. The molecule has 0 aliphatic heterocycles. The number of aryl methyl sites for hydroxylation is 2. The van der Waals surface area contributed by atoms with E-state index in [1.54, 1.807) is 19.2 Å². The molecule has 0 saturated carbocycles. The second-order valence-corrected chi connectivity index (χ2v) is 3.38. The second-order valence-electron chi connectivity index (χ2n) is 3.38. The van der Waals surface area contributed by atoms with Crippen molar-refractivity contribution in [2.24, 2.45) is 0 Å². The summed E-state index contributed by atoms with van der Waals surface area (Å²) in [5.74, 6) is 0.512. The summed E-state index contributed by atoms with van der Waals surface area (Å²) in [6.45, 7) is 3.66. The van der Waals surface area contributed by atoms with Gasteiger partial charge in [0.15, 0.2) is 0 Å². The van der Waals surface area contributed by atoms with E-state index in [2.05, 4.69) is 9.97 Å². The Morgan fingerprint density at radius 3 is 2.64 bits per heavy atom. The minimum Gasteiger partial charge on any atom is -0.342 e. The molecule has 1 N–H and O–H groups in total. The lowest BCUT2D eigenvalue weighted by atomic mass is 10.1. The Morgan fingerprint density at radius 1 is 1.29 bits per heavy atom. The van der Waals surface area contributed by atoms with Gasteiger partial charge in [-0.25, -0.2) is 9.37 Å². The van der Waals surface area contributed by atoms with Crippen LogP contribution in [0.3, 0.4) is 0 Å². The van der Waals surface area contributed by atoms with Gasteiger partial charge in [0.1, 0.15) is 11.6 Å². The van der Waals surface area contributed by atoms with Gasteiger partial charge in [-0.05, 0) is 25.5 Å². The van der Waals surface area contributed by atoms with Gasteiger partial charge in [-0.3, -0.25) is 0 Å². The highest BCUT2D eigenvalue weighted by atomic mass is 19.1. The average molecular weight is 190 g/mol. The van der Waals surface area contributed by atoms with Gasteiger partial charge in [-0.2, -0.15) is 0 Å². The van der Waals surface area contributed by atoms with Crippen LogP contribution in [-0.2, 0) is 0 Å². The maximum Gasteiger partial charge on any atom is 0.137 e. The van der Waals surface area contributed by atoms with Crippen molar-refractivity contribution in [3.05, 3.63) is 41.5 Å². The molecule has 2 aromatic rings. The fourth-order valence-corrected chi connectivity index (χ4v) is 1.30. The molecule has 14 heavy (non-hydrogen) atoms. The van der Waals surface area contributed by atoms with Crippen LogP contribution in [0.5, 0.6) is 0 Å². The summed E-state index contributed by atoms with van der Waals surface area (Å²) < 4.78 is 13.2. The summed E-state index contributed by atoms with van der Waals surface area (Å²) in [5, 5.41) is 0. The highest BCUT2D eigenvalue weighted by molar-refractivity contribution is 5.55. The van der Waals surface area contributed by atoms with E-state index < -0.39 is 0 Å². The van der Waals surface area contributed by atoms with Crippen LogP contribution in [0.2, 0.25) is 0 Å². The third-order valence-electron chi connectivity index (χ3n) is 2.15. The lowest BCUT2D eigenvalue weighted by Crippen LogP contribution is -1.85. The standard InChI is InChI=1S/C11H11FN2/c1-7-3-4-9(5-10(7)12)11-13-6-8(2)14-11/h3-6H,1-2H3,(H,13,14). The molecule has 0 aliphatic rings. The first-order valence-electron chi connectivity index (χ1n) is 4.45. The van der Waals surface area contributed by atoms with Crippen molar-refractivity contribution in [2.75, 3.05) is 0 Å². The molecule has 0 unspecified atom stereocenters.